The molecule has 2 heterocycles. The van der Waals surface area contributed by atoms with Gasteiger partial charge in [-0.15, -0.1) is 0 Å². The smallest absolute Gasteiger partial charge is 0.233 e. The molecule has 0 aliphatic heterocycles. The van der Waals surface area contributed by atoms with Gasteiger partial charge in [-0.1, -0.05) is 47.2 Å². The molecule has 0 atom stereocenters. The molecule has 2 aromatic heterocycles. The topological polar surface area (TPSA) is 46.1 Å². The lowest BCUT2D eigenvalue weighted by atomic mass is 9.97. The van der Waals surface area contributed by atoms with Crippen LogP contribution in [0.1, 0.15) is 33.5 Å². The Morgan fingerprint density at radius 1 is 0.967 bits per heavy atom. The molecule has 0 aliphatic carbocycles. The van der Waals surface area contributed by atoms with Gasteiger partial charge in [0.25, 0.3) is 0 Å². The van der Waals surface area contributed by atoms with Crippen molar-refractivity contribution in [3.05, 3.63) is 88.2 Å². The van der Waals surface area contributed by atoms with Crippen molar-refractivity contribution in [3.8, 4) is 0 Å². The predicted octanol–water partition coefficient (Wildman–Crippen LogP) is 5.70. The number of hydrogen-bond donors (Lipinski definition) is 0. The average molecular weight is 416 g/mol. The summed E-state index contributed by atoms with van der Waals surface area (Å²) in [5.74, 6) is 0.0346. The van der Waals surface area contributed by atoms with E-state index >= 15 is 0 Å². The van der Waals surface area contributed by atoms with Gasteiger partial charge in [-0.3, -0.25) is 14.7 Å². The van der Waals surface area contributed by atoms with Crippen molar-refractivity contribution in [3.63, 3.8) is 0 Å². The van der Waals surface area contributed by atoms with Crippen molar-refractivity contribution in [1.82, 2.24) is 9.97 Å². The van der Waals surface area contributed by atoms with Crippen molar-refractivity contribution < 1.29 is 4.79 Å². The number of aromatic nitrogens is 2. The number of benzene rings is 2. The minimum Gasteiger partial charge on any atom is -0.282 e. The summed E-state index contributed by atoms with van der Waals surface area (Å²) in [4.78, 5) is 24.6. The standard InChI is InChI=1S/C25H25N3OS/c1-16-12-18(3)21(19(4)13-16)14-23(29)28(15-20-9-5-6-11-26-20)25-27-24-17(2)8-7-10-22(24)30-25/h5-13H,14-15H2,1-4H3. The lowest BCUT2D eigenvalue weighted by Gasteiger charge is -2.21. The summed E-state index contributed by atoms with van der Waals surface area (Å²) in [6, 6.07) is 16.2. The number of nitrogens with zero attached hydrogens (tertiary/aromatic N) is 3. The molecule has 0 fully saturated rings. The molecule has 30 heavy (non-hydrogen) atoms. The van der Waals surface area contributed by atoms with Gasteiger partial charge in [0.05, 0.1) is 28.9 Å². The maximum Gasteiger partial charge on any atom is 0.233 e. The molecule has 0 bridgehead atoms. The molecule has 0 N–H and O–H groups in total. The largest absolute Gasteiger partial charge is 0.282 e. The molecule has 0 saturated carbocycles. The van der Waals surface area contributed by atoms with E-state index in [0.29, 0.717) is 13.0 Å². The molecule has 4 rings (SSSR count). The number of hydrogen-bond acceptors (Lipinski definition) is 4. The van der Waals surface area contributed by atoms with Crippen molar-refractivity contribution >= 4 is 32.6 Å². The van der Waals surface area contributed by atoms with Crippen LogP contribution in [0.5, 0.6) is 0 Å². The Balaban J connectivity index is 1.73. The molecular formula is C25H25N3OS. The average Bonchev–Trinajstić information content (AvgIpc) is 3.15. The molecule has 2 aromatic carbocycles. The monoisotopic (exact) mass is 415 g/mol. The van der Waals surface area contributed by atoms with Crippen LogP contribution in [0.3, 0.4) is 0 Å². The van der Waals surface area contributed by atoms with Gasteiger partial charge < -0.3 is 0 Å². The highest BCUT2D eigenvalue weighted by Crippen LogP contribution is 2.32. The number of para-hydroxylation sites is 1. The van der Waals surface area contributed by atoms with Crippen LogP contribution in [-0.4, -0.2) is 15.9 Å². The Kier molecular flexibility index (Phi) is 5.64. The Morgan fingerprint density at radius 2 is 1.73 bits per heavy atom. The third kappa shape index (κ3) is 4.12. The molecule has 1 amide bonds. The molecule has 152 valence electrons. The molecule has 0 spiro atoms. The maximum atomic E-state index is 13.5. The molecule has 0 radical (unpaired) electrons. The molecule has 0 unspecified atom stereocenters. The first-order valence-corrected chi connectivity index (χ1v) is 10.9. The van der Waals surface area contributed by atoms with E-state index in [4.69, 9.17) is 4.98 Å². The Bertz CT molecular complexity index is 1190. The third-order valence-corrected chi connectivity index (χ3v) is 6.40. The summed E-state index contributed by atoms with van der Waals surface area (Å²) in [5, 5.41) is 0.720. The highest BCUT2D eigenvalue weighted by atomic mass is 32.1. The second-order valence-corrected chi connectivity index (χ2v) is 8.78. The van der Waals surface area contributed by atoms with E-state index in [9.17, 15) is 4.79 Å². The first-order valence-electron chi connectivity index (χ1n) is 10.1. The van der Waals surface area contributed by atoms with Crippen molar-refractivity contribution in [2.24, 2.45) is 0 Å². The van der Waals surface area contributed by atoms with Crippen molar-refractivity contribution in [2.75, 3.05) is 4.90 Å². The van der Waals surface area contributed by atoms with E-state index < -0.39 is 0 Å². The fourth-order valence-electron chi connectivity index (χ4n) is 3.84. The first-order chi connectivity index (χ1) is 14.4. The number of carbonyl (C=O) groups is 1. The van der Waals surface area contributed by atoms with Gasteiger partial charge in [-0.25, -0.2) is 4.98 Å². The van der Waals surface area contributed by atoms with Gasteiger partial charge in [-0.2, -0.15) is 0 Å². The number of aryl methyl sites for hydroxylation is 4. The quantitative estimate of drug-likeness (QED) is 0.420. The van der Waals surface area contributed by atoms with E-state index in [1.54, 1.807) is 22.4 Å². The third-order valence-electron chi connectivity index (χ3n) is 5.36. The lowest BCUT2D eigenvalue weighted by Crippen LogP contribution is -2.32. The van der Waals surface area contributed by atoms with E-state index in [-0.39, 0.29) is 5.91 Å². The zero-order valence-corrected chi connectivity index (χ0v) is 18.6. The molecular weight excluding hydrogens is 390 g/mol. The Labute approximate surface area is 181 Å². The summed E-state index contributed by atoms with van der Waals surface area (Å²) < 4.78 is 1.09. The van der Waals surface area contributed by atoms with Crippen LogP contribution in [0.25, 0.3) is 10.2 Å². The Morgan fingerprint density at radius 3 is 2.40 bits per heavy atom. The minimum atomic E-state index is 0.0346. The van der Waals surface area contributed by atoms with Crippen LogP contribution in [0, 0.1) is 27.7 Å². The van der Waals surface area contributed by atoms with Gasteiger partial charge >= 0.3 is 0 Å². The van der Waals surface area contributed by atoms with Crippen LogP contribution >= 0.6 is 11.3 Å². The number of rotatable bonds is 5. The van der Waals surface area contributed by atoms with E-state index in [2.05, 4.69) is 56.9 Å². The highest BCUT2D eigenvalue weighted by molar-refractivity contribution is 7.22. The molecule has 5 heteroatoms. The van der Waals surface area contributed by atoms with E-state index in [0.717, 1.165) is 43.3 Å². The molecule has 0 aliphatic rings. The first kappa shape index (κ1) is 20.2. The van der Waals surface area contributed by atoms with Crippen LogP contribution < -0.4 is 4.90 Å². The van der Waals surface area contributed by atoms with E-state index in [1.807, 2.05) is 24.3 Å². The fraction of sp³-hybridized carbons (Fsp3) is 0.240. The van der Waals surface area contributed by atoms with Gasteiger partial charge in [0.1, 0.15) is 0 Å². The van der Waals surface area contributed by atoms with Gasteiger partial charge in [0.15, 0.2) is 5.13 Å². The molecule has 4 nitrogen and oxygen atoms in total. The van der Waals surface area contributed by atoms with Crippen LogP contribution in [0.4, 0.5) is 5.13 Å². The van der Waals surface area contributed by atoms with Crippen LogP contribution in [-0.2, 0) is 17.8 Å². The highest BCUT2D eigenvalue weighted by Gasteiger charge is 2.22. The van der Waals surface area contributed by atoms with Gasteiger partial charge in [0.2, 0.25) is 5.91 Å². The summed E-state index contributed by atoms with van der Waals surface area (Å²) in [7, 11) is 0. The predicted molar refractivity (Wildman–Crippen MR) is 124 cm³/mol. The van der Waals surface area contributed by atoms with Gasteiger partial charge in [-0.05, 0) is 68.1 Å². The number of anilines is 1. The van der Waals surface area contributed by atoms with Crippen LogP contribution in [0.15, 0.2) is 54.7 Å². The van der Waals surface area contributed by atoms with Crippen molar-refractivity contribution in [2.45, 2.75) is 40.7 Å². The van der Waals surface area contributed by atoms with Gasteiger partial charge in [0, 0.05) is 6.20 Å². The summed E-state index contributed by atoms with van der Waals surface area (Å²) in [6.07, 6.45) is 2.11. The number of thiazole rings is 1. The minimum absolute atomic E-state index is 0.0346. The summed E-state index contributed by atoms with van der Waals surface area (Å²) >= 11 is 1.55. The molecule has 4 aromatic rings. The number of carbonyl (C=O) groups excluding carboxylic acids is 1. The number of pyridine rings is 1. The molecule has 0 saturated heterocycles. The summed E-state index contributed by atoms with van der Waals surface area (Å²) in [6.45, 7) is 8.69. The maximum absolute atomic E-state index is 13.5. The van der Waals surface area contributed by atoms with E-state index in [1.165, 1.54) is 5.56 Å². The summed E-state index contributed by atoms with van der Waals surface area (Å²) in [5.41, 5.74) is 7.53. The Hall–Kier alpha value is -3.05. The second kappa shape index (κ2) is 8.36. The fourth-order valence-corrected chi connectivity index (χ4v) is 4.90. The normalized spacial score (nSPS) is 11.1. The van der Waals surface area contributed by atoms with Crippen molar-refractivity contribution in [1.29, 1.82) is 0 Å². The van der Waals surface area contributed by atoms with Crippen LogP contribution in [0.2, 0.25) is 0 Å². The zero-order valence-electron chi connectivity index (χ0n) is 17.8. The number of amides is 1. The zero-order chi connectivity index (χ0) is 21.3. The second-order valence-electron chi connectivity index (χ2n) is 7.77. The SMILES string of the molecule is Cc1cc(C)c(CC(=O)N(Cc2ccccn2)c2nc3c(C)cccc3s2)c(C)c1. The lowest BCUT2D eigenvalue weighted by molar-refractivity contribution is -0.118. The number of fused-ring (bicyclic) bond motifs is 1.